The van der Waals surface area contributed by atoms with E-state index in [-0.39, 0.29) is 18.2 Å². The maximum Gasteiger partial charge on any atom is 0.269 e. The van der Waals surface area contributed by atoms with Crippen LogP contribution in [0, 0.1) is 10.1 Å². The van der Waals surface area contributed by atoms with Crippen molar-refractivity contribution in [3.05, 3.63) is 39.9 Å². The molecule has 2 N–H and O–H groups in total. The van der Waals surface area contributed by atoms with Gasteiger partial charge in [-0.15, -0.1) is 0 Å². The van der Waals surface area contributed by atoms with Gasteiger partial charge in [-0.25, -0.2) is 0 Å². The molecule has 0 saturated carbocycles. The fraction of sp³-hybridized carbons (Fsp3) is 0.300. The van der Waals surface area contributed by atoms with Crippen LogP contribution >= 0.6 is 0 Å². The van der Waals surface area contributed by atoms with Crippen LogP contribution in [0.2, 0.25) is 0 Å². The molecule has 1 rings (SSSR count). The Kier molecular flexibility index (Phi) is 3.96. The van der Waals surface area contributed by atoms with Crippen molar-refractivity contribution in [2.24, 2.45) is 0 Å². The summed E-state index contributed by atoms with van der Waals surface area (Å²) in [6.07, 6.45) is 0. The Morgan fingerprint density at radius 1 is 1.62 bits per heavy atom. The number of benzene rings is 1. The highest BCUT2D eigenvalue weighted by molar-refractivity contribution is 5.73. The van der Waals surface area contributed by atoms with Crippen molar-refractivity contribution in [2.75, 3.05) is 6.61 Å². The number of amides is 1. The predicted molar refractivity (Wildman–Crippen MR) is 56.7 cm³/mol. The summed E-state index contributed by atoms with van der Waals surface area (Å²) in [7, 11) is 0. The minimum atomic E-state index is -0.614. The molecule has 0 saturated heterocycles. The lowest BCUT2D eigenvalue weighted by molar-refractivity contribution is -0.384. The van der Waals surface area contributed by atoms with Crippen molar-refractivity contribution in [1.82, 2.24) is 5.32 Å². The molecule has 0 heterocycles. The number of carbonyl (C=O) groups excluding carboxylic acids is 1. The van der Waals surface area contributed by atoms with Crippen molar-refractivity contribution >= 4 is 11.6 Å². The SMILES string of the molecule is CC(=O)NC(CO)c1cccc([N+](=O)[O-])c1. The Morgan fingerprint density at radius 3 is 2.81 bits per heavy atom. The molecule has 16 heavy (non-hydrogen) atoms. The van der Waals surface area contributed by atoms with Crippen LogP contribution in [-0.4, -0.2) is 22.5 Å². The number of nitro groups is 1. The number of nitro benzene ring substituents is 1. The zero-order chi connectivity index (χ0) is 12.1. The molecule has 1 unspecified atom stereocenters. The van der Waals surface area contributed by atoms with Gasteiger partial charge >= 0.3 is 0 Å². The Bertz CT molecular complexity index is 406. The first-order chi connectivity index (χ1) is 7.54. The zero-order valence-corrected chi connectivity index (χ0v) is 8.71. The van der Waals surface area contributed by atoms with Crippen LogP contribution in [0.3, 0.4) is 0 Å². The van der Waals surface area contributed by atoms with Crippen LogP contribution in [0.25, 0.3) is 0 Å². The van der Waals surface area contributed by atoms with E-state index in [2.05, 4.69) is 5.32 Å². The molecule has 0 aromatic heterocycles. The van der Waals surface area contributed by atoms with Gasteiger partial charge in [-0.05, 0) is 5.56 Å². The smallest absolute Gasteiger partial charge is 0.269 e. The topological polar surface area (TPSA) is 92.5 Å². The average Bonchev–Trinajstić information content (AvgIpc) is 2.25. The molecular formula is C10H12N2O4. The fourth-order valence-corrected chi connectivity index (χ4v) is 1.33. The third-order valence-corrected chi connectivity index (χ3v) is 2.04. The molecule has 0 fully saturated rings. The molecule has 6 nitrogen and oxygen atoms in total. The number of nitrogens with zero attached hydrogens (tertiary/aromatic N) is 1. The molecule has 0 aliphatic rings. The second-order valence-electron chi connectivity index (χ2n) is 3.29. The van der Waals surface area contributed by atoms with E-state index in [0.717, 1.165) is 0 Å². The molecule has 0 aliphatic heterocycles. The number of aliphatic hydroxyl groups is 1. The standard InChI is InChI=1S/C10H12N2O4/c1-7(14)11-10(6-13)8-3-2-4-9(5-8)12(15)16/h2-5,10,13H,6H2,1H3,(H,11,14). The molecule has 1 aromatic rings. The molecule has 0 spiro atoms. The largest absolute Gasteiger partial charge is 0.394 e. The Hall–Kier alpha value is -1.95. The molecule has 6 heteroatoms. The zero-order valence-electron chi connectivity index (χ0n) is 8.71. The maximum absolute atomic E-state index is 10.8. The van der Waals surface area contributed by atoms with Gasteiger partial charge in [0.1, 0.15) is 0 Å². The first kappa shape index (κ1) is 12.1. The highest BCUT2D eigenvalue weighted by Gasteiger charge is 2.14. The van der Waals surface area contributed by atoms with E-state index >= 15 is 0 Å². The molecule has 0 radical (unpaired) electrons. The number of aliphatic hydroxyl groups excluding tert-OH is 1. The van der Waals surface area contributed by atoms with Crippen LogP contribution in [0.1, 0.15) is 18.5 Å². The van der Waals surface area contributed by atoms with Gasteiger partial charge in [0.25, 0.3) is 5.69 Å². The van der Waals surface area contributed by atoms with E-state index < -0.39 is 11.0 Å². The van der Waals surface area contributed by atoms with Crippen LogP contribution < -0.4 is 5.32 Å². The van der Waals surface area contributed by atoms with Gasteiger partial charge in [-0.3, -0.25) is 14.9 Å². The van der Waals surface area contributed by atoms with Crippen LogP contribution in [-0.2, 0) is 4.79 Å². The van der Waals surface area contributed by atoms with E-state index in [1.807, 2.05) is 0 Å². The number of carbonyl (C=O) groups is 1. The summed E-state index contributed by atoms with van der Waals surface area (Å²) in [4.78, 5) is 20.9. The Morgan fingerprint density at radius 2 is 2.31 bits per heavy atom. The first-order valence-corrected chi connectivity index (χ1v) is 4.67. The minimum Gasteiger partial charge on any atom is -0.394 e. The summed E-state index contributed by atoms with van der Waals surface area (Å²) >= 11 is 0. The predicted octanol–water partition coefficient (Wildman–Crippen LogP) is 0.764. The Labute approximate surface area is 92.0 Å². The van der Waals surface area contributed by atoms with E-state index in [0.29, 0.717) is 5.56 Å². The molecule has 1 amide bonds. The fourth-order valence-electron chi connectivity index (χ4n) is 1.33. The number of rotatable bonds is 4. The van der Waals surface area contributed by atoms with Gasteiger partial charge < -0.3 is 10.4 Å². The summed E-state index contributed by atoms with van der Waals surface area (Å²) in [6.45, 7) is 1.01. The van der Waals surface area contributed by atoms with Gasteiger partial charge in [-0.2, -0.15) is 0 Å². The molecule has 1 aromatic carbocycles. The Balaban J connectivity index is 2.96. The molecule has 86 valence electrons. The van der Waals surface area contributed by atoms with Crippen molar-refractivity contribution < 1.29 is 14.8 Å². The van der Waals surface area contributed by atoms with Gasteiger partial charge in [0.15, 0.2) is 0 Å². The summed E-state index contributed by atoms with van der Waals surface area (Å²) in [6, 6.07) is 5.20. The second kappa shape index (κ2) is 5.22. The lowest BCUT2D eigenvalue weighted by Gasteiger charge is -2.14. The third kappa shape index (κ3) is 3.03. The summed E-state index contributed by atoms with van der Waals surface area (Å²) in [5.74, 6) is -0.300. The first-order valence-electron chi connectivity index (χ1n) is 4.67. The number of nitrogens with one attached hydrogen (secondary N) is 1. The highest BCUT2D eigenvalue weighted by Crippen LogP contribution is 2.18. The number of non-ortho nitro benzene ring substituents is 1. The lowest BCUT2D eigenvalue weighted by atomic mass is 10.1. The average molecular weight is 224 g/mol. The van der Waals surface area contributed by atoms with E-state index in [1.165, 1.54) is 25.1 Å². The summed E-state index contributed by atoms with van der Waals surface area (Å²) in [5.41, 5.74) is 0.438. The number of hydrogen-bond donors (Lipinski definition) is 2. The maximum atomic E-state index is 10.8. The van der Waals surface area contributed by atoms with E-state index in [1.54, 1.807) is 6.07 Å². The van der Waals surface area contributed by atoms with Crippen LogP contribution in [0.15, 0.2) is 24.3 Å². The van der Waals surface area contributed by atoms with E-state index in [9.17, 15) is 14.9 Å². The van der Waals surface area contributed by atoms with Gasteiger partial charge in [0, 0.05) is 19.1 Å². The summed E-state index contributed by atoms with van der Waals surface area (Å²) < 4.78 is 0. The second-order valence-corrected chi connectivity index (χ2v) is 3.29. The lowest BCUT2D eigenvalue weighted by Crippen LogP contribution is -2.28. The van der Waals surface area contributed by atoms with Crippen molar-refractivity contribution in [2.45, 2.75) is 13.0 Å². The molecule has 0 aliphatic carbocycles. The van der Waals surface area contributed by atoms with Crippen molar-refractivity contribution in [3.8, 4) is 0 Å². The molecular weight excluding hydrogens is 212 g/mol. The van der Waals surface area contributed by atoms with Crippen LogP contribution in [0.4, 0.5) is 5.69 Å². The number of hydrogen-bond acceptors (Lipinski definition) is 4. The van der Waals surface area contributed by atoms with Gasteiger partial charge in [0.05, 0.1) is 17.6 Å². The monoisotopic (exact) mass is 224 g/mol. The van der Waals surface area contributed by atoms with Crippen molar-refractivity contribution in [3.63, 3.8) is 0 Å². The van der Waals surface area contributed by atoms with E-state index in [4.69, 9.17) is 5.11 Å². The van der Waals surface area contributed by atoms with Crippen LogP contribution in [0.5, 0.6) is 0 Å². The van der Waals surface area contributed by atoms with Gasteiger partial charge in [0.2, 0.25) is 5.91 Å². The quantitative estimate of drug-likeness (QED) is 0.583. The summed E-state index contributed by atoms with van der Waals surface area (Å²) in [5, 5.41) is 22.1. The molecule has 1 atom stereocenters. The van der Waals surface area contributed by atoms with Gasteiger partial charge in [-0.1, -0.05) is 12.1 Å². The minimum absolute atomic E-state index is 0.0682. The van der Waals surface area contributed by atoms with Crippen molar-refractivity contribution in [1.29, 1.82) is 0 Å². The normalized spacial score (nSPS) is 11.9. The third-order valence-electron chi connectivity index (χ3n) is 2.04. The highest BCUT2D eigenvalue weighted by atomic mass is 16.6. The molecule has 0 bridgehead atoms.